The number of aryl methyl sites for hydroxylation is 1. The summed E-state index contributed by atoms with van der Waals surface area (Å²) in [6.45, 7) is 5.32. The van der Waals surface area contributed by atoms with Crippen molar-refractivity contribution in [2.75, 3.05) is 18.8 Å². The van der Waals surface area contributed by atoms with E-state index in [0.717, 1.165) is 29.6 Å². The van der Waals surface area contributed by atoms with Crippen molar-refractivity contribution in [1.29, 1.82) is 0 Å². The number of aromatic nitrogens is 3. The van der Waals surface area contributed by atoms with Crippen LogP contribution in [0, 0.1) is 5.92 Å². The summed E-state index contributed by atoms with van der Waals surface area (Å²) in [5.41, 5.74) is 1.95. The number of nitrogens with one attached hydrogen (secondary N) is 1. The lowest BCUT2D eigenvalue weighted by Gasteiger charge is -2.35. The summed E-state index contributed by atoms with van der Waals surface area (Å²) < 4.78 is 25.2. The zero-order valence-corrected chi connectivity index (χ0v) is 18.5. The van der Waals surface area contributed by atoms with Crippen LogP contribution < -0.4 is 5.32 Å². The first-order chi connectivity index (χ1) is 14.2. The van der Waals surface area contributed by atoms with Gasteiger partial charge >= 0.3 is 0 Å². The quantitative estimate of drug-likeness (QED) is 0.772. The molecule has 0 bridgehead atoms. The number of fused-ring (bicyclic) bond motifs is 1. The summed E-state index contributed by atoms with van der Waals surface area (Å²) in [7, 11) is -1.24. The van der Waals surface area contributed by atoms with Gasteiger partial charge in [0.2, 0.25) is 5.91 Å². The van der Waals surface area contributed by atoms with Gasteiger partial charge in [0.15, 0.2) is 15.5 Å². The highest BCUT2D eigenvalue weighted by Crippen LogP contribution is 2.32. The number of carbonyl (C=O) groups is 1. The molecule has 0 aliphatic carbocycles. The van der Waals surface area contributed by atoms with Crippen LogP contribution in [0.25, 0.3) is 11.0 Å². The minimum Gasteiger partial charge on any atom is -0.341 e. The van der Waals surface area contributed by atoms with Gasteiger partial charge in [-0.15, -0.1) is 0 Å². The predicted molar refractivity (Wildman–Crippen MR) is 116 cm³/mol. The van der Waals surface area contributed by atoms with Crippen molar-refractivity contribution in [3.8, 4) is 0 Å². The molecule has 2 aliphatic rings. The Kier molecular flexibility index (Phi) is 5.67. The fourth-order valence-corrected chi connectivity index (χ4v) is 5.70. The fraction of sp³-hybridized carbons (Fsp3) is 0.571. The molecule has 1 fully saturated rings. The largest absolute Gasteiger partial charge is 0.341 e. The number of carbonyl (C=O) groups excluding carboxylic acids is 1. The number of hydrogen-bond donors (Lipinski definition) is 1. The van der Waals surface area contributed by atoms with Crippen LogP contribution in [-0.4, -0.2) is 64.9 Å². The molecule has 2 aliphatic heterocycles. The first-order valence-electron chi connectivity index (χ1n) is 10.5. The van der Waals surface area contributed by atoms with Crippen LogP contribution in [0.3, 0.4) is 0 Å². The maximum Gasteiger partial charge on any atom is 0.239 e. The van der Waals surface area contributed by atoms with Gasteiger partial charge in [0.25, 0.3) is 0 Å². The van der Waals surface area contributed by atoms with Crippen LogP contribution in [0.15, 0.2) is 29.8 Å². The maximum absolute atomic E-state index is 13.2. The normalized spacial score (nSPS) is 22.8. The Morgan fingerprint density at radius 2 is 2.00 bits per heavy atom. The average molecular weight is 432 g/mol. The lowest BCUT2D eigenvalue weighted by Crippen LogP contribution is -2.54. The van der Waals surface area contributed by atoms with E-state index in [4.69, 9.17) is 5.10 Å². The molecule has 8 nitrogen and oxygen atoms in total. The van der Waals surface area contributed by atoms with E-state index in [1.54, 1.807) is 12.3 Å². The van der Waals surface area contributed by atoms with E-state index in [0.29, 0.717) is 19.0 Å². The summed E-state index contributed by atoms with van der Waals surface area (Å²) in [5, 5.41) is 10.3. The molecule has 2 aromatic rings. The molecule has 2 atom stereocenters. The number of piperidine rings is 1. The summed E-state index contributed by atoms with van der Waals surface area (Å²) in [6.07, 6.45) is 5.13. The van der Waals surface area contributed by atoms with E-state index in [2.05, 4.69) is 16.4 Å². The second-order valence-electron chi connectivity index (χ2n) is 8.64. The van der Waals surface area contributed by atoms with Crippen LogP contribution in [0.1, 0.15) is 38.3 Å². The zero-order valence-electron chi connectivity index (χ0n) is 17.7. The smallest absolute Gasteiger partial charge is 0.239 e. The van der Waals surface area contributed by atoms with Crippen LogP contribution in [-0.2, 0) is 21.7 Å². The second kappa shape index (κ2) is 8.11. The molecule has 1 saturated heterocycles. The first kappa shape index (κ1) is 21.0. The first-order valence-corrected chi connectivity index (χ1v) is 12.2. The third kappa shape index (κ3) is 4.13. The minimum atomic E-state index is -3.15. The number of sulfone groups is 1. The molecule has 162 valence electrons. The van der Waals surface area contributed by atoms with Gasteiger partial charge in [-0.2, -0.15) is 5.10 Å². The van der Waals surface area contributed by atoms with E-state index >= 15 is 0 Å². The van der Waals surface area contributed by atoms with Gasteiger partial charge in [-0.25, -0.2) is 13.4 Å². The molecule has 1 amide bonds. The molecule has 0 saturated carbocycles. The number of pyridine rings is 1. The minimum absolute atomic E-state index is 0.0202. The van der Waals surface area contributed by atoms with E-state index in [1.807, 2.05) is 36.5 Å². The van der Waals surface area contributed by atoms with Gasteiger partial charge in [-0.1, -0.05) is 19.9 Å². The average Bonchev–Trinajstić information content (AvgIpc) is 3.24. The van der Waals surface area contributed by atoms with Crippen LogP contribution in [0.2, 0.25) is 0 Å². The number of likely N-dealkylation sites (tertiary alicyclic amines) is 1. The molecule has 1 N–H and O–H groups in total. The Hall–Kier alpha value is -2.26. The van der Waals surface area contributed by atoms with E-state index in [-0.39, 0.29) is 23.6 Å². The van der Waals surface area contributed by atoms with Gasteiger partial charge in [-0.3, -0.25) is 14.8 Å². The van der Waals surface area contributed by atoms with Gasteiger partial charge in [0, 0.05) is 49.1 Å². The van der Waals surface area contributed by atoms with Gasteiger partial charge < -0.3 is 4.90 Å². The molecule has 9 heteroatoms. The standard InChI is InChI=1S/C21H29N5O3S/c1-14(2)18(23-16-8-12-30(28,29)13-16)21(27)26-10-6-15(7-11-26)19-17-5-4-9-22-20(17)25(3)24-19/h4-5,8-9,12,14-16,18,23H,6-7,10-11,13H2,1-3H3/t16-,18+/m1/s1. The molecular weight excluding hydrogens is 402 g/mol. The highest BCUT2D eigenvalue weighted by molar-refractivity contribution is 7.94. The predicted octanol–water partition coefficient (Wildman–Crippen LogP) is 1.60. The van der Waals surface area contributed by atoms with Crippen molar-refractivity contribution in [2.45, 2.75) is 44.7 Å². The summed E-state index contributed by atoms with van der Waals surface area (Å²) in [6, 6.07) is 3.29. The SMILES string of the molecule is CC(C)[C@H](N[C@@H]1C=CS(=O)(=O)C1)C(=O)N1CCC(c2nn(C)c3ncccc23)CC1. The Balaban J connectivity index is 1.42. The third-order valence-electron chi connectivity index (χ3n) is 6.08. The highest BCUT2D eigenvalue weighted by Gasteiger charge is 2.34. The topological polar surface area (TPSA) is 97.2 Å². The Labute approximate surface area is 177 Å². The Morgan fingerprint density at radius 1 is 1.27 bits per heavy atom. The van der Waals surface area contributed by atoms with Crippen molar-refractivity contribution in [3.05, 3.63) is 35.5 Å². The summed E-state index contributed by atoms with van der Waals surface area (Å²) in [5.74, 6) is 0.438. The van der Waals surface area contributed by atoms with Crippen molar-refractivity contribution < 1.29 is 13.2 Å². The second-order valence-corrected chi connectivity index (χ2v) is 10.6. The third-order valence-corrected chi connectivity index (χ3v) is 7.47. The molecule has 0 spiro atoms. The molecule has 4 heterocycles. The molecule has 0 unspecified atom stereocenters. The van der Waals surface area contributed by atoms with E-state index < -0.39 is 15.9 Å². The number of nitrogens with zero attached hydrogens (tertiary/aromatic N) is 4. The highest BCUT2D eigenvalue weighted by atomic mass is 32.2. The zero-order chi connectivity index (χ0) is 21.5. The van der Waals surface area contributed by atoms with Crippen molar-refractivity contribution >= 4 is 26.8 Å². The lowest BCUT2D eigenvalue weighted by atomic mass is 9.91. The van der Waals surface area contributed by atoms with Crippen LogP contribution in [0.4, 0.5) is 0 Å². The molecule has 2 aromatic heterocycles. The Bertz CT molecular complexity index is 1070. The van der Waals surface area contributed by atoms with E-state index in [1.165, 1.54) is 5.41 Å². The maximum atomic E-state index is 13.2. The summed E-state index contributed by atoms with van der Waals surface area (Å²) >= 11 is 0. The lowest BCUT2D eigenvalue weighted by molar-refractivity contribution is -0.135. The fourth-order valence-electron chi connectivity index (χ4n) is 4.45. The molecule has 0 aromatic carbocycles. The van der Waals surface area contributed by atoms with Crippen LogP contribution in [0.5, 0.6) is 0 Å². The molecular formula is C21H29N5O3S. The summed E-state index contributed by atoms with van der Waals surface area (Å²) in [4.78, 5) is 19.5. The van der Waals surface area contributed by atoms with Crippen molar-refractivity contribution in [2.24, 2.45) is 13.0 Å². The molecule has 30 heavy (non-hydrogen) atoms. The number of hydrogen-bond acceptors (Lipinski definition) is 6. The monoisotopic (exact) mass is 431 g/mol. The van der Waals surface area contributed by atoms with Crippen LogP contribution >= 0.6 is 0 Å². The number of amides is 1. The Morgan fingerprint density at radius 3 is 2.63 bits per heavy atom. The van der Waals surface area contributed by atoms with Gasteiger partial charge in [0.05, 0.1) is 17.5 Å². The molecule has 4 rings (SSSR count). The van der Waals surface area contributed by atoms with Crippen molar-refractivity contribution in [3.63, 3.8) is 0 Å². The van der Waals surface area contributed by atoms with Gasteiger partial charge in [0.1, 0.15) is 0 Å². The van der Waals surface area contributed by atoms with Gasteiger partial charge in [-0.05, 0) is 30.9 Å². The molecule has 0 radical (unpaired) electrons. The number of rotatable bonds is 5. The van der Waals surface area contributed by atoms with Crippen molar-refractivity contribution in [1.82, 2.24) is 25.0 Å². The van der Waals surface area contributed by atoms with E-state index in [9.17, 15) is 13.2 Å².